The number of nitrogens with zero attached hydrogens (tertiary/aromatic N) is 1. The van der Waals surface area contributed by atoms with Gasteiger partial charge in [0.25, 0.3) is 5.91 Å². The van der Waals surface area contributed by atoms with Crippen LogP contribution < -0.4 is 10.6 Å². The first kappa shape index (κ1) is 15.7. The Hall–Kier alpha value is -2.21. The number of hydrogen-bond donors (Lipinski definition) is 3. The van der Waals surface area contributed by atoms with E-state index in [9.17, 15) is 9.18 Å². The quantitative estimate of drug-likeness (QED) is 0.811. The third-order valence-corrected chi connectivity index (χ3v) is 4.45. The van der Waals surface area contributed by atoms with Crippen LogP contribution in [0, 0.1) is 11.2 Å². The van der Waals surface area contributed by atoms with Gasteiger partial charge < -0.3 is 10.6 Å². The molecule has 23 heavy (non-hydrogen) atoms. The molecule has 1 aliphatic rings. The van der Waals surface area contributed by atoms with Crippen molar-refractivity contribution < 1.29 is 9.18 Å². The van der Waals surface area contributed by atoms with Crippen molar-refractivity contribution in [2.75, 3.05) is 19.6 Å². The summed E-state index contributed by atoms with van der Waals surface area (Å²) < 4.78 is 13.0. The molecule has 0 saturated carbocycles. The van der Waals surface area contributed by atoms with Crippen molar-refractivity contribution >= 4 is 5.91 Å². The second-order valence-electron chi connectivity index (χ2n) is 6.42. The molecule has 2 aromatic rings. The van der Waals surface area contributed by atoms with E-state index in [-0.39, 0.29) is 17.1 Å². The fourth-order valence-corrected chi connectivity index (χ4v) is 2.80. The predicted octanol–water partition coefficient (Wildman–Crippen LogP) is 2.34. The van der Waals surface area contributed by atoms with Crippen molar-refractivity contribution in [2.24, 2.45) is 5.41 Å². The molecule has 1 fully saturated rings. The van der Waals surface area contributed by atoms with Crippen LogP contribution in [0.2, 0.25) is 0 Å². The summed E-state index contributed by atoms with van der Waals surface area (Å²) in [6.07, 6.45) is 2.11. The minimum absolute atomic E-state index is 0.140. The summed E-state index contributed by atoms with van der Waals surface area (Å²) in [6, 6.07) is 7.73. The molecule has 1 saturated heterocycles. The first-order valence-electron chi connectivity index (χ1n) is 7.86. The highest BCUT2D eigenvalue weighted by Crippen LogP contribution is 2.26. The van der Waals surface area contributed by atoms with Crippen LogP contribution in [0.4, 0.5) is 4.39 Å². The van der Waals surface area contributed by atoms with Gasteiger partial charge in [-0.05, 0) is 61.7 Å². The summed E-state index contributed by atoms with van der Waals surface area (Å²) in [5.74, 6) is -0.455. The van der Waals surface area contributed by atoms with Gasteiger partial charge in [0.15, 0.2) is 0 Å². The van der Waals surface area contributed by atoms with Crippen molar-refractivity contribution in [3.8, 4) is 11.3 Å². The van der Waals surface area contributed by atoms with E-state index in [2.05, 4.69) is 27.8 Å². The average Bonchev–Trinajstić information content (AvgIpc) is 3.04. The molecule has 3 N–H and O–H groups in total. The number of carbonyl (C=O) groups excluding carboxylic acids is 1. The van der Waals surface area contributed by atoms with Crippen LogP contribution in [-0.4, -0.2) is 35.7 Å². The van der Waals surface area contributed by atoms with Gasteiger partial charge in [-0.3, -0.25) is 9.89 Å². The number of amides is 1. The molecule has 122 valence electrons. The number of aromatic nitrogens is 2. The summed E-state index contributed by atoms with van der Waals surface area (Å²) in [5, 5.41) is 13.2. The monoisotopic (exact) mass is 316 g/mol. The molecule has 3 rings (SSSR count). The number of aromatic amines is 1. The molecule has 1 aliphatic heterocycles. The van der Waals surface area contributed by atoms with E-state index in [1.54, 1.807) is 18.2 Å². The highest BCUT2D eigenvalue weighted by atomic mass is 19.1. The zero-order chi connectivity index (χ0) is 16.3. The van der Waals surface area contributed by atoms with Crippen LogP contribution in [-0.2, 0) is 0 Å². The van der Waals surface area contributed by atoms with Crippen molar-refractivity contribution in [3.63, 3.8) is 0 Å². The number of halogens is 1. The van der Waals surface area contributed by atoms with Crippen molar-refractivity contribution in [3.05, 3.63) is 41.8 Å². The number of piperidine rings is 1. The lowest BCUT2D eigenvalue weighted by Gasteiger charge is -2.34. The Balaban J connectivity index is 1.63. The largest absolute Gasteiger partial charge is 0.350 e. The SMILES string of the molecule is CC1(CNC(=O)c2cc(-c3ccc(F)cc3)n[nH]2)CCNCC1. The second-order valence-corrected chi connectivity index (χ2v) is 6.42. The molecule has 0 radical (unpaired) electrons. The van der Waals surface area contributed by atoms with E-state index in [1.165, 1.54) is 12.1 Å². The highest BCUT2D eigenvalue weighted by Gasteiger charge is 2.27. The Labute approximate surface area is 134 Å². The lowest BCUT2D eigenvalue weighted by molar-refractivity contribution is 0.0917. The normalized spacial score (nSPS) is 17.0. The van der Waals surface area contributed by atoms with Crippen LogP contribution in [0.3, 0.4) is 0 Å². The van der Waals surface area contributed by atoms with Crippen LogP contribution in [0.15, 0.2) is 30.3 Å². The molecule has 6 heteroatoms. The lowest BCUT2D eigenvalue weighted by Crippen LogP contribution is -2.42. The number of benzene rings is 1. The van der Waals surface area contributed by atoms with Gasteiger partial charge in [-0.1, -0.05) is 6.92 Å². The molecular weight excluding hydrogens is 295 g/mol. The molecule has 5 nitrogen and oxygen atoms in total. The summed E-state index contributed by atoms with van der Waals surface area (Å²) >= 11 is 0. The maximum Gasteiger partial charge on any atom is 0.269 e. The summed E-state index contributed by atoms with van der Waals surface area (Å²) in [6.45, 7) is 4.83. The number of H-pyrrole nitrogens is 1. The molecule has 2 heterocycles. The van der Waals surface area contributed by atoms with Gasteiger partial charge in [0.1, 0.15) is 11.5 Å². The Bertz CT molecular complexity index is 674. The van der Waals surface area contributed by atoms with Gasteiger partial charge >= 0.3 is 0 Å². The van der Waals surface area contributed by atoms with Crippen LogP contribution in [0.1, 0.15) is 30.3 Å². The van der Waals surface area contributed by atoms with E-state index in [1.807, 2.05) is 0 Å². The van der Waals surface area contributed by atoms with Crippen LogP contribution in [0.25, 0.3) is 11.3 Å². The Morgan fingerprint density at radius 3 is 2.70 bits per heavy atom. The standard InChI is InChI=1S/C17H21FN4O/c1-17(6-8-19-9-7-17)11-20-16(23)15-10-14(21-22-15)12-2-4-13(18)5-3-12/h2-5,10,19H,6-9,11H2,1H3,(H,20,23)(H,21,22). The zero-order valence-corrected chi connectivity index (χ0v) is 13.2. The van der Waals surface area contributed by atoms with Crippen molar-refractivity contribution in [1.82, 2.24) is 20.8 Å². The van der Waals surface area contributed by atoms with Gasteiger partial charge in [-0.2, -0.15) is 5.10 Å². The number of rotatable bonds is 4. The second kappa shape index (κ2) is 6.50. The summed E-state index contributed by atoms with van der Waals surface area (Å²) in [4.78, 5) is 12.3. The molecule has 1 aromatic carbocycles. The molecule has 0 spiro atoms. The zero-order valence-electron chi connectivity index (χ0n) is 13.2. The number of nitrogens with one attached hydrogen (secondary N) is 3. The first-order valence-corrected chi connectivity index (χ1v) is 7.86. The highest BCUT2D eigenvalue weighted by molar-refractivity contribution is 5.93. The smallest absolute Gasteiger partial charge is 0.269 e. The van der Waals surface area contributed by atoms with Gasteiger partial charge in [0, 0.05) is 12.1 Å². The van der Waals surface area contributed by atoms with E-state index < -0.39 is 0 Å². The topological polar surface area (TPSA) is 69.8 Å². The molecule has 0 atom stereocenters. The van der Waals surface area contributed by atoms with Crippen LogP contribution in [0.5, 0.6) is 0 Å². The van der Waals surface area contributed by atoms with Gasteiger partial charge in [-0.15, -0.1) is 0 Å². The maximum atomic E-state index is 13.0. The Morgan fingerprint density at radius 2 is 2.00 bits per heavy atom. The molecular formula is C17H21FN4O. The predicted molar refractivity (Wildman–Crippen MR) is 86.5 cm³/mol. The van der Waals surface area contributed by atoms with Gasteiger partial charge in [0.2, 0.25) is 0 Å². The van der Waals surface area contributed by atoms with Gasteiger partial charge in [-0.25, -0.2) is 4.39 Å². The Kier molecular flexibility index (Phi) is 4.43. The number of hydrogen-bond acceptors (Lipinski definition) is 3. The van der Waals surface area contributed by atoms with Crippen LogP contribution >= 0.6 is 0 Å². The molecule has 0 aliphatic carbocycles. The summed E-state index contributed by atoms with van der Waals surface area (Å²) in [7, 11) is 0. The van der Waals surface area contributed by atoms with Crippen molar-refractivity contribution in [1.29, 1.82) is 0 Å². The minimum Gasteiger partial charge on any atom is -0.350 e. The average molecular weight is 316 g/mol. The molecule has 1 aromatic heterocycles. The van der Waals surface area contributed by atoms with E-state index in [0.29, 0.717) is 17.9 Å². The van der Waals surface area contributed by atoms with Gasteiger partial charge in [0.05, 0.1) is 5.69 Å². The Morgan fingerprint density at radius 1 is 1.30 bits per heavy atom. The first-order chi connectivity index (χ1) is 11.1. The lowest BCUT2D eigenvalue weighted by atomic mass is 9.81. The molecule has 0 unspecified atom stereocenters. The summed E-state index contributed by atoms with van der Waals surface area (Å²) in [5.41, 5.74) is 1.96. The fourth-order valence-electron chi connectivity index (χ4n) is 2.80. The van der Waals surface area contributed by atoms with E-state index >= 15 is 0 Å². The molecule has 1 amide bonds. The van der Waals surface area contributed by atoms with E-state index in [0.717, 1.165) is 31.5 Å². The third kappa shape index (κ3) is 3.76. The van der Waals surface area contributed by atoms with E-state index in [4.69, 9.17) is 0 Å². The third-order valence-electron chi connectivity index (χ3n) is 4.45. The maximum absolute atomic E-state index is 13.0. The fraction of sp³-hybridized carbons (Fsp3) is 0.412. The van der Waals surface area contributed by atoms with Crippen molar-refractivity contribution in [2.45, 2.75) is 19.8 Å². The minimum atomic E-state index is -0.294. The number of carbonyl (C=O) groups is 1. The molecule has 0 bridgehead atoms.